The first-order valence-electron chi connectivity index (χ1n) is 8.84. The maximum Gasteiger partial charge on any atom is 0.282 e. The van der Waals surface area contributed by atoms with Crippen LogP contribution in [0, 0.1) is 10.1 Å². The predicted molar refractivity (Wildman–Crippen MR) is 116 cm³/mol. The van der Waals surface area contributed by atoms with Crippen LogP contribution in [0.25, 0.3) is 11.3 Å². The highest BCUT2D eigenvalue weighted by Crippen LogP contribution is 2.29. The third-order valence-corrected chi connectivity index (χ3v) is 5.48. The van der Waals surface area contributed by atoms with Gasteiger partial charge >= 0.3 is 0 Å². The van der Waals surface area contributed by atoms with Crippen LogP contribution in [0.5, 0.6) is 5.75 Å². The van der Waals surface area contributed by atoms with E-state index in [1.165, 1.54) is 35.2 Å². The molecule has 1 aromatic heterocycles. The summed E-state index contributed by atoms with van der Waals surface area (Å²) in [4.78, 5) is 28.5. The molecule has 0 aliphatic heterocycles. The van der Waals surface area contributed by atoms with E-state index in [0.717, 1.165) is 22.6 Å². The number of amides is 1. The summed E-state index contributed by atoms with van der Waals surface area (Å²) < 4.78 is 5.57. The highest BCUT2D eigenvalue weighted by Gasteiger charge is 2.21. The van der Waals surface area contributed by atoms with Crippen molar-refractivity contribution in [1.29, 1.82) is 0 Å². The van der Waals surface area contributed by atoms with E-state index >= 15 is 0 Å². The molecule has 1 N–H and O–H groups in total. The largest absolute Gasteiger partial charge is 0.494 e. The number of anilines is 1. The predicted octanol–water partition coefficient (Wildman–Crippen LogP) is 5.48. The van der Waals surface area contributed by atoms with Crippen LogP contribution in [0.1, 0.15) is 23.7 Å². The number of nitro groups is 1. The number of carbonyl (C=O) groups excluding carboxylic acids is 1. The van der Waals surface area contributed by atoms with Crippen molar-refractivity contribution in [3.63, 3.8) is 0 Å². The van der Waals surface area contributed by atoms with Gasteiger partial charge in [0.1, 0.15) is 11.3 Å². The smallest absolute Gasteiger partial charge is 0.282 e. The van der Waals surface area contributed by atoms with E-state index in [-0.39, 0.29) is 11.3 Å². The second-order valence-electron chi connectivity index (χ2n) is 6.01. The molecule has 0 spiro atoms. The minimum absolute atomic E-state index is 0.0102. The monoisotopic (exact) mass is 429 g/mol. The number of hydrogen-bond donors (Lipinski definition) is 1. The fraction of sp³-hybridized carbons (Fsp3) is 0.200. The van der Waals surface area contributed by atoms with Crippen molar-refractivity contribution >= 4 is 39.8 Å². The molecule has 0 saturated heterocycles. The Labute approximate surface area is 176 Å². The third-order valence-electron chi connectivity index (χ3n) is 3.99. The van der Waals surface area contributed by atoms with Crippen LogP contribution >= 0.6 is 23.1 Å². The minimum Gasteiger partial charge on any atom is -0.494 e. The van der Waals surface area contributed by atoms with Gasteiger partial charge in [-0.2, -0.15) is 0 Å². The summed E-state index contributed by atoms with van der Waals surface area (Å²) in [6.45, 7) is 2.71. The van der Waals surface area contributed by atoms with Gasteiger partial charge < -0.3 is 4.74 Å². The average Bonchev–Trinajstić information content (AvgIpc) is 3.20. The molecule has 0 atom stereocenters. The topological polar surface area (TPSA) is 94.4 Å². The molecule has 0 fully saturated rings. The van der Waals surface area contributed by atoms with Gasteiger partial charge in [-0.05, 0) is 49.1 Å². The molecule has 3 aromatic rings. The third kappa shape index (κ3) is 5.12. The first kappa shape index (κ1) is 20.8. The molecule has 29 heavy (non-hydrogen) atoms. The van der Waals surface area contributed by atoms with Crippen molar-refractivity contribution in [3.8, 4) is 17.0 Å². The number of thioether (sulfide) groups is 1. The zero-order valence-electron chi connectivity index (χ0n) is 15.9. The number of thiazole rings is 1. The molecule has 150 valence electrons. The minimum atomic E-state index is -0.561. The summed E-state index contributed by atoms with van der Waals surface area (Å²) in [5.41, 5.74) is 1.37. The van der Waals surface area contributed by atoms with E-state index < -0.39 is 10.8 Å². The molecule has 7 nitrogen and oxygen atoms in total. The summed E-state index contributed by atoms with van der Waals surface area (Å²) in [7, 11) is 0. The van der Waals surface area contributed by atoms with E-state index in [4.69, 9.17) is 4.74 Å². The molecule has 9 heteroatoms. The zero-order valence-corrected chi connectivity index (χ0v) is 17.5. The first-order valence-corrected chi connectivity index (χ1v) is 10.9. The number of hydrogen-bond acceptors (Lipinski definition) is 7. The van der Waals surface area contributed by atoms with Crippen LogP contribution in [0.15, 0.2) is 52.7 Å². The lowest BCUT2D eigenvalue weighted by Gasteiger charge is -2.05. The van der Waals surface area contributed by atoms with Crippen LogP contribution < -0.4 is 10.1 Å². The zero-order chi connectivity index (χ0) is 20.8. The van der Waals surface area contributed by atoms with Crippen LogP contribution in [-0.2, 0) is 0 Å². The van der Waals surface area contributed by atoms with Gasteiger partial charge in [-0.3, -0.25) is 20.2 Å². The highest BCUT2D eigenvalue weighted by molar-refractivity contribution is 7.98. The number of ether oxygens (including phenoxy) is 1. The lowest BCUT2D eigenvalue weighted by atomic mass is 10.1. The lowest BCUT2D eigenvalue weighted by molar-refractivity contribution is -0.385. The fourth-order valence-corrected chi connectivity index (χ4v) is 3.71. The molecule has 0 saturated carbocycles. The Morgan fingerprint density at radius 3 is 2.69 bits per heavy atom. The quantitative estimate of drug-likeness (QED) is 0.289. The van der Waals surface area contributed by atoms with Crippen molar-refractivity contribution in [1.82, 2.24) is 4.98 Å². The van der Waals surface area contributed by atoms with E-state index in [0.29, 0.717) is 17.4 Å². The van der Waals surface area contributed by atoms with Gasteiger partial charge in [0.05, 0.1) is 17.2 Å². The molecule has 1 heterocycles. The van der Waals surface area contributed by atoms with E-state index in [2.05, 4.69) is 10.3 Å². The molecule has 0 aliphatic carbocycles. The Kier molecular flexibility index (Phi) is 6.84. The number of carbonyl (C=O) groups is 1. The van der Waals surface area contributed by atoms with Crippen molar-refractivity contribution < 1.29 is 14.5 Å². The second kappa shape index (κ2) is 9.53. The summed E-state index contributed by atoms with van der Waals surface area (Å²) in [5, 5.41) is 16.1. The normalized spacial score (nSPS) is 10.6. The van der Waals surface area contributed by atoms with Crippen molar-refractivity contribution in [2.45, 2.75) is 18.2 Å². The number of nitrogens with one attached hydrogen (secondary N) is 1. The fourth-order valence-electron chi connectivity index (χ4n) is 2.55. The number of nitrogens with zero attached hydrogens (tertiary/aromatic N) is 2. The van der Waals surface area contributed by atoms with Crippen molar-refractivity contribution in [2.75, 3.05) is 18.2 Å². The Bertz CT molecular complexity index is 1020. The SMILES string of the molecule is CCCOc1ccc(-c2csc(NC(=O)c3cc(SC)ccc3[N+](=O)[O-])n2)cc1. The molecule has 0 aliphatic rings. The summed E-state index contributed by atoms with van der Waals surface area (Å²) in [6.07, 6.45) is 2.78. The Balaban J connectivity index is 1.76. The van der Waals surface area contributed by atoms with Gasteiger partial charge in [0.25, 0.3) is 11.6 Å². The first-order chi connectivity index (χ1) is 14.0. The Morgan fingerprint density at radius 1 is 1.28 bits per heavy atom. The molecule has 0 radical (unpaired) electrons. The van der Waals surface area contributed by atoms with Crippen molar-refractivity contribution in [3.05, 3.63) is 63.5 Å². The molecule has 0 unspecified atom stereocenters. The van der Waals surface area contributed by atoms with Crippen LogP contribution in [0.4, 0.5) is 10.8 Å². The number of nitro benzene ring substituents is 1. The molecule has 2 aromatic carbocycles. The van der Waals surface area contributed by atoms with Gasteiger partial charge in [0.15, 0.2) is 5.13 Å². The van der Waals surface area contributed by atoms with Crippen LogP contribution in [-0.4, -0.2) is 28.7 Å². The number of benzene rings is 2. The molecule has 1 amide bonds. The lowest BCUT2D eigenvalue weighted by Crippen LogP contribution is -2.14. The highest BCUT2D eigenvalue weighted by atomic mass is 32.2. The molecular formula is C20H19N3O4S2. The maximum absolute atomic E-state index is 12.6. The molecule has 3 rings (SSSR count). The second-order valence-corrected chi connectivity index (χ2v) is 7.74. The van der Waals surface area contributed by atoms with Gasteiger partial charge in [-0.1, -0.05) is 6.92 Å². The van der Waals surface area contributed by atoms with Crippen molar-refractivity contribution in [2.24, 2.45) is 0 Å². The van der Waals surface area contributed by atoms with Crippen LogP contribution in [0.2, 0.25) is 0 Å². The van der Waals surface area contributed by atoms with Gasteiger partial charge in [0, 0.05) is 21.9 Å². The Morgan fingerprint density at radius 2 is 2.03 bits per heavy atom. The van der Waals surface area contributed by atoms with Gasteiger partial charge in [0.2, 0.25) is 0 Å². The standard InChI is InChI=1S/C20H19N3O4S2/c1-3-10-27-14-6-4-13(5-7-14)17-12-29-20(21-17)22-19(24)16-11-15(28-2)8-9-18(16)23(25)26/h4-9,11-12H,3,10H2,1-2H3,(H,21,22,24). The number of rotatable bonds is 8. The average molecular weight is 430 g/mol. The van der Waals surface area contributed by atoms with Crippen LogP contribution in [0.3, 0.4) is 0 Å². The van der Waals surface area contributed by atoms with E-state index in [9.17, 15) is 14.9 Å². The molecule has 0 bridgehead atoms. The van der Waals surface area contributed by atoms with Gasteiger partial charge in [-0.15, -0.1) is 23.1 Å². The Hall–Kier alpha value is -2.91. The summed E-state index contributed by atoms with van der Waals surface area (Å²) in [5.74, 6) is 0.233. The van der Waals surface area contributed by atoms with Gasteiger partial charge in [-0.25, -0.2) is 4.98 Å². The molecular weight excluding hydrogens is 410 g/mol. The van der Waals surface area contributed by atoms with E-state index in [1.807, 2.05) is 42.8 Å². The van der Waals surface area contributed by atoms with E-state index in [1.54, 1.807) is 6.07 Å². The summed E-state index contributed by atoms with van der Waals surface area (Å²) >= 11 is 2.67. The summed E-state index contributed by atoms with van der Waals surface area (Å²) in [6, 6.07) is 12.0. The number of aromatic nitrogens is 1. The maximum atomic E-state index is 12.6.